The summed E-state index contributed by atoms with van der Waals surface area (Å²) in [6, 6.07) is 35.5. The molecule has 6 aromatic rings. The molecule has 0 amide bonds. The number of hydrogen-bond donors (Lipinski definition) is 2. The third-order valence-corrected chi connectivity index (χ3v) is 9.76. The highest BCUT2D eigenvalue weighted by molar-refractivity contribution is 14.1. The molecule has 0 aliphatic rings. The zero-order chi connectivity index (χ0) is 24.5. The Bertz CT molecular complexity index is 1420. The van der Waals surface area contributed by atoms with Crippen LogP contribution in [0.15, 0.2) is 109 Å². The molecule has 178 valence electrons. The van der Waals surface area contributed by atoms with E-state index in [2.05, 4.69) is 137 Å². The van der Waals surface area contributed by atoms with Crippen LogP contribution in [0.5, 0.6) is 0 Å². The van der Waals surface area contributed by atoms with Gasteiger partial charge in [0, 0.05) is 46.9 Å². The van der Waals surface area contributed by atoms with Crippen LogP contribution < -0.4 is 0 Å². The number of aromatic nitrogens is 2. The fourth-order valence-corrected chi connectivity index (χ4v) is 7.50. The Morgan fingerprint density at radius 2 is 1.06 bits per heavy atom. The van der Waals surface area contributed by atoms with Crippen LogP contribution in [-0.2, 0) is 0 Å². The number of hydrogen-bond acceptors (Lipinski definition) is 2. The van der Waals surface area contributed by atoms with E-state index in [0.29, 0.717) is 0 Å². The van der Waals surface area contributed by atoms with E-state index in [9.17, 15) is 0 Å². The summed E-state index contributed by atoms with van der Waals surface area (Å²) in [5, 5.41) is 0. The van der Waals surface area contributed by atoms with Gasteiger partial charge in [-0.15, -0.1) is 22.7 Å². The Hall–Kier alpha value is -2.87. The summed E-state index contributed by atoms with van der Waals surface area (Å²) < 4.78 is 1.25. The summed E-state index contributed by atoms with van der Waals surface area (Å²) in [7, 11) is 0. The average molecular weight is 617 g/mol. The molecule has 36 heavy (non-hydrogen) atoms. The summed E-state index contributed by atoms with van der Waals surface area (Å²) in [6.45, 7) is 2.14. The van der Waals surface area contributed by atoms with Crippen LogP contribution in [0.4, 0.5) is 0 Å². The van der Waals surface area contributed by atoms with E-state index in [-0.39, 0.29) is 11.8 Å². The molecular weight excluding hydrogens is 591 g/mol. The number of aromatic amines is 2. The van der Waals surface area contributed by atoms with Gasteiger partial charge in [-0.05, 0) is 101 Å². The number of halogens is 1. The number of aryl methyl sites for hydroxylation is 1. The second-order valence-corrected chi connectivity index (χ2v) is 12.5. The van der Waals surface area contributed by atoms with Crippen molar-refractivity contribution < 1.29 is 0 Å². The molecule has 0 radical (unpaired) electrons. The molecule has 0 saturated carbocycles. The van der Waals surface area contributed by atoms with Crippen molar-refractivity contribution in [2.75, 3.05) is 0 Å². The van der Waals surface area contributed by atoms with Gasteiger partial charge in [0.15, 0.2) is 0 Å². The smallest absolute Gasteiger partial charge is 0.0584 e. The van der Waals surface area contributed by atoms with Crippen molar-refractivity contribution in [1.29, 1.82) is 0 Å². The highest BCUT2D eigenvalue weighted by Gasteiger charge is 2.23. The molecular formula is C31H25IN2S2. The molecule has 0 aliphatic heterocycles. The van der Waals surface area contributed by atoms with Crippen molar-refractivity contribution in [3.8, 4) is 9.75 Å². The molecule has 2 unspecified atom stereocenters. The number of rotatable bonds is 7. The van der Waals surface area contributed by atoms with Gasteiger partial charge in [-0.3, -0.25) is 0 Å². The van der Waals surface area contributed by atoms with Crippen molar-refractivity contribution >= 4 is 45.3 Å². The Kier molecular flexibility index (Phi) is 6.69. The maximum absolute atomic E-state index is 3.46. The molecule has 0 spiro atoms. The SMILES string of the molecule is Cc1ccc(C(c2ccc[nH]2)c2ccc(-c3ccc(C(c4ccc(I)cc4)c4ccc[nH]4)s3)s2)cc1. The predicted octanol–water partition coefficient (Wildman–Crippen LogP) is 9.41. The maximum Gasteiger partial charge on any atom is 0.0584 e. The first-order valence-corrected chi connectivity index (χ1v) is 14.7. The number of thiophene rings is 2. The van der Waals surface area contributed by atoms with E-state index in [1.165, 1.54) is 51.2 Å². The van der Waals surface area contributed by atoms with Gasteiger partial charge in [0.1, 0.15) is 0 Å². The Morgan fingerprint density at radius 1 is 0.583 bits per heavy atom. The van der Waals surface area contributed by atoms with Gasteiger partial charge in [-0.25, -0.2) is 0 Å². The monoisotopic (exact) mass is 616 g/mol. The van der Waals surface area contributed by atoms with Crippen LogP contribution in [0.2, 0.25) is 0 Å². The zero-order valence-corrected chi connectivity index (χ0v) is 23.5. The van der Waals surface area contributed by atoms with Gasteiger partial charge < -0.3 is 9.97 Å². The molecule has 5 heteroatoms. The van der Waals surface area contributed by atoms with Crippen LogP contribution in [-0.4, -0.2) is 9.97 Å². The van der Waals surface area contributed by atoms with Crippen molar-refractivity contribution in [3.63, 3.8) is 0 Å². The Labute approximate surface area is 233 Å². The molecule has 6 rings (SSSR count). The van der Waals surface area contributed by atoms with Crippen molar-refractivity contribution in [2.45, 2.75) is 18.8 Å². The second-order valence-electron chi connectivity index (χ2n) is 8.98. The van der Waals surface area contributed by atoms with E-state index in [1.807, 2.05) is 35.1 Å². The minimum Gasteiger partial charge on any atom is -0.364 e. The third kappa shape index (κ3) is 4.75. The number of H-pyrrole nitrogens is 2. The number of benzene rings is 2. The van der Waals surface area contributed by atoms with Gasteiger partial charge in [0.05, 0.1) is 11.8 Å². The Balaban J connectivity index is 1.35. The minimum absolute atomic E-state index is 0.203. The highest BCUT2D eigenvalue weighted by Crippen LogP contribution is 2.43. The van der Waals surface area contributed by atoms with Crippen molar-refractivity contribution in [1.82, 2.24) is 9.97 Å². The lowest BCUT2D eigenvalue weighted by atomic mass is 9.93. The standard InChI is InChI=1S/C31H25IN2S2/c1-20-6-8-21(9-7-20)30(24-4-2-18-33-24)28-16-14-26(35-28)27-15-17-29(36-27)31(25-5-3-19-34-25)22-10-12-23(32)13-11-22/h2-19,30-31,33-34H,1H3. The molecule has 0 saturated heterocycles. The predicted molar refractivity (Wildman–Crippen MR) is 161 cm³/mol. The summed E-state index contributed by atoms with van der Waals surface area (Å²) in [4.78, 5) is 12.3. The molecule has 2 atom stereocenters. The van der Waals surface area contributed by atoms with E-state index in [4.69, 9.17) is 0 Å². The Morgan fingerprint density at radius 3 is 1.50 bits per heavy atom. The van der Waals surface area contributed by atoms with Gasteiger partial charge in [0.25, 0.3) is 0 Å². The minimum atomic E-state index is 0.203. The summed E-state index contributed by atoms with van der Waals surface area (Å²) in [5.41, 5.74) is 6.36. The molecule has 4 aromatic heterocycles. The first-order valence-electron chi connectivity index (χ1n) is 11.9. The lowest BCUT2D eigenvalue weighted by molar-refractivity contribution is 0.954. The quantitative estimate of drug-likeness (QED) is 0.168. The second kappa shape index (κ2) is 10.2. The van der Waals surface area contributed by atoms with Crippen LogP contribution in [0, 0.1) is 10.5 Å². The fraction of sp³-hybridized carbons (Fsp3) is 0.0968. The highest BCUT2D eigenvalue weighted by atomic mass is 127. The molecule has 0 aliphatic carbocycles. The molecule has 0 fully saturated rings. The summed E-state index contributed by atoms with van der Waals surface area (Å²) in [6.07, 6.45) is 4.03. The molecule has 4 heterocycles. The molecule has 2 N–H and O–H groups in total. The van der Waals surface area contributed by atoms with Gasteiger partial charge in [-0.1, -0.05) is 42.0 Å². The summed E-state index contributed by atoms with van der Waals surface area (Å²) >= 11 is 6.16. The van der Waals surface area contributed by atoms with Gasteiger partial charge >= 0.3 is 0 Å². The van der Waals surface area contributed by atoms with E-state index in [0.717, 1.165) is 0 Å². The summed E-state index contributed by atoms with van der Waals surface area (Å²) in [5.74, 6) is 0.409. The van der Waals surface area contributed by atoms with Crippen LogP contribution in [0.3, 0.4) is 0 Å². The van der Waals surface area contributed by atoms with E-state index >= 15 is 0 Å². The molecule has 2 aromatic carbocycles. The molecule has 2 nitrogen and oxygen atoms in total. The largest absolute Gasteiger partial charge is 0.364 e. The van der Waals surface area contributed by atoms with Crippen molar-refractivity contribution in [3.05, 3.63) is 151 Å². The normalized spacial score (nSPS) is 13.1. The first kappa shape index (κ1) is 23.5. The zero-order valence-electron chi connectivity index (χ0n) is 19.7. The van der Waals surface area contributed by atoms with Crippen LogP contribution in [0.1, 0.15) is 49.7 Å². The fourth-order valence-electron chi connectivity index (χ4n) is 4.74. The third-order valence-electron chi connectivity index (χ3n) is 6.55. The topological polar surface area (TPSA) is 31.6 Å². The van der Waals surface area contributed by atoms with Crippen LogP contribution in [0.25, 0.3) is 9.75 Å². The first-order chi connectivity index (χ1) is 17.7. The maximum atomic E-state index is 3.46. The van der Waals surface area contributed by atoms with Gasteiger partial charge in [-0.2, -0.15) is 0 Å². The van der Waals surface area contributed by atoms with Crippen molar-refractivity contribution in [2.24, 2.45) is 0 Å². The average Bonchev–Trinajstić information content (AvgIpc) is 3.70. The molecule has 0 bridgehead atoms. The van der Waals surface area contributed by atoms with E-state index in [1.54, 1.807) is 0 Å². The number of nitrogens with one attached hydrogen (secondary N) is 2. The lowest BCUT2D eigenvalue weighted by Crippen LogP contribution is -2.01. The van der Waals surface area contributed by atoms with Crippen LogP contribution >= 0.6 is 45.3 Å². The lowest BCUT2D eigenvalue weighted by Gasteiger charge is -2.15. The van der Waals surface area contributed by atoms with E-state index < -0.39 is 0 Å². The van der Waals surface area contributed by atoms with Gasteiger partial charge in [0.2, 0.25) is 0 Å².